The number of nitrogens with zero attached hydrogens (tertiary/aromatic N) is 2. The largest absolute Gasteiger partial charge is 0.492 e. The molecule has 1 heterocycles. The van der Waals surface area contributed by atoms with Gasteiger partial charge in [0.25, 0.3) is 0 Å². The molecule has 1 aromatic heterocycles. The lowest BCUT2D eigenvalue weighted by molar-refractivity contribution is 0.0692. The second-order valence-corrected chi connectivity index (χ2v) is 4.10. The van der Waals surface area contributed by atoms with Crippen LogP contribution in [-0.2, 0) is 0 Å². The van der Waals surface area contributed by atoms with E-state index in [2.05, 4.69) is 9.97 Å². The lowest BCUT2D eigenvalue weighted by atomic mass is 10.1. The van der Waals surface area contributed by atoms with E-state index in [9.17, 15) is 14.3 Å². The molecule has 2 rings (SSSR count). The van der Waals surface area contributed by atoms with Crippen LogP contribution < -0.4 is 14.2 Å². The van der Waals surface area contributed by atoms with E-state index in [0.29, 0.717) is 0 Å². The molecule has 0 fully saturated rings. The van der Waals surface area contributed by atoms with Gasteiger partial charge < -0.3 is 19.3 Å². The highest BCUT2D eigenvalue weighted by Crippen LogP contribution is 2.45. The maximum absolute atomic E-state index is 13.0. The Kier molecular flexibility index (Phi) is 4.40. The van der Waals surface area contributed by atoms with Gasteiger partial charge in [0.1, 0.15) is 5.56 Å². The van der Waals surface area contributed by atoms with E-state index in [1.807, 2.05) is 0 Å². The lowest BCUT2D eigenvalue weighted by Crippen LogP contribution is -2.06. The number of rotatable bonds is 5. The van der Waals surface area contributed by atoms with Crippen molar-refractivity contribution in [2.45, 2.75) is 0 Å². The number of benzene rings is 1. The fraction of sp³-hybridized carbons (Fsp3) is 0.214. The minimum absolute atomic E-state index is 0.0118. The van der Waals surface area contributed by atoms with Gasteiger partial charge in [-0.25, -0.2) is 19.2 Å². The van der Waals surface area contributed by atoms with E-state index in [-0.39, 0.29) is 34.2 Å². The van der Waals surface area contributed by atoms with Crippen LogP contribution in [0.3, 0.4) is 0 Å². The van der Waals surface area contributed by atoms with Crippen LogP contribution in [0.1, 0.15) is 10.4 Å². The van der Waals surface area contributed by atoms with Gasteiger partial charge in [0.2, 0.25) is 5.75 Å². The molecule has 0 unspecified atom stereocenters. The van der Waals surface area contributed by atoms with E-state index in [0.717, 1.165) is 12.4 Å². The van der Waals surface area contributed by atoms with Gasteiger partial charge in [0.05, 0.1) is 39.3 Å². The molecule has 116 valence electrons. The molecule has 0 saturated heterocycles. The molecule has 1 N–H and O–H groups in total. The summed E-state index contributed by atoms with van der Waals surface area (Å²) in [6.07, 6.45) is 1.94. The van der Waals surface area contributed by atoms with Gasteiger partial charge in [0, 0.05) is 0 Å². The molecule has 2 aromatic rings. The van der Waals surface area contributed by atoms with Crippen molar-refractivity contribution in [1.29, 1.82) is 0 Å². The smallest absolute Gasteiger partial charge is 0.339 e. The van der Waals surface area contributed by atoms with E-state index in [1.165, 1.54) is 27.4 Å². The van der Waals surface area contributed by atoms with Gasteiger partial charge in [-0.15, -0.1) is 0 Å². The van der Waals surface area contributed by atoms with Crippen LogP contribution in [0.5, 0.6) is 17.2 Å². The molecule has 0 aliphatic heterocycles. The third-order valence-corrected chi connectivity index (χ3v) is 2.89. The number of carbonyl (C=O) groups is 1. The van der Waals surface area contributed by atoms with Crippen LogP contribution in [-0.4, -0.2) is 42.4 Å². The maximum atomic E-state index is 13.0. The second kappa shape index (κ2) is 6.25. The Labute approximate surface area is 125 Å². The molecule has 1 aromatic carbocycles. The predicted molar refractivity (Wildman–Crippen MR) is 74.0 cm³/mol. The van der Waals surface area contributed by atoms with Crippen molar-refractivity contribution in [1.82, 2.24) is 9.97 Å². The summed E-state index contributed by atoms with van der Waals surface area (Å²) in [4.78, 5) is 19.1. The number of ether oxygens (including phenoxy) is 3. The molecule has 0 aliphatic rings. The number of hydrogen-bond acceptors (Lipinski definition) is 6. The average Bonchev–Trinajstić information content (AvgIpc) is 2.53. The Morgan fingerprint density at radius 1 is 1.05 bits per heavy atom. The highest BCUT2D eigenvalue weighted by molar-refractivity contribution is 5.95. The van der Waals surface area contributed by atoms with Crippen molar-refractivity contribution in [2.24, 2.45) is 0 Å². The molecule has 0 bridgehead atoms. The zero-order chi connectivity index (χ0) is 16.3. The summed E-state index contributed by atoms with van der Waals surface area (Å²) in [5.41, 5.74) is 0.0978. The molecular weight excluding hydrogens is 295 g/mol. The third-order valence-electron chi connectivity index (χ3n) is 2.89. The van der Waals surface area contributed by atoms with Gasteiger partial charge in [-0.2, -0.15) is 0 Å². The van der Waals surface area contributed by atoms with Crippen LogP contribution >= 0.6 is 0 Å². The Balaban J connectivity index is 2.80. The minimum atomic E-state index is -1.22. The topological polar surface area (TPSA) is 90.8 Å². The van der Waals surface area contributed by atoms with Crippen LogP contribution in [0, 0.1) is 5.82 Å². The quantitative estimate of drug-likeness (QED) is 0.903. The summed E-state index contributed by atoms with van der Waals surface area (Å²) in [7, 11) is 4.05. The Morgan fingerprint density at radius 2 is 1.59 bits per heavy atom. The van der Waals surface area contributed by atoms with Crippen molar-refractivity contribution >= 4 is 5.97 Å². The normalized spacial score (nSPS) is 10.2. The average molecular weight is 308 g/mol. The van der Waals surface area contributed by atoms with Crippen molar-refractivity contribution in [3.8, 4) is 28.6 Å². The van der Waals surface area contributed by atoms with Gasteiger partial charge >= 0.3 is 5.97 Å². The maximum Gasteiger partial charge on any atom is 0.339 e. The van der Waals surface area contributed by atoms with Crippen molar-refractivity contribution in [3.05, 3.63) is 29.8 Å². The van der Waals surface area contributed by atoms with E-state index < -0.39 is 11.8 Å². The van der Waals surface area contributed by atoms with E-state index in [4.69, 9.17) is 14.2 Å². The lowest BCUT2D eigenvalue weighted by Gasteiger charge is -2.17. The van der Waals surface area contributed by atoms with Crippen molar-refractivity contribution in [3.63, 3.8) is 0 Å². The monoisotopic (exact) mass is 308 g/mol. The summed E-state index contributed by atoms with van der Waals surface area (Å²) < 4.78 is 28.5. The van der Waals surface area contributed by atoms with Crippen LogP contribution in [0.4, 0.5) is 4.39 Å². The first-order chi connectivity index (χ1) is 10.5. The molecule has 0 spiro atoms. The van der Waals surface area contributed by atoms with Gasteiger partial charge in [0.15, 0.2) is 23.1 Å². The standard InChI is InChI=1S/C14H13FN2O5/c1-20-10-8(13-16-5-7(15)6-17-13)4-9(14(18)19)11(21-2)12(10)22-3/h4-6H,1-3H3,(H,18,19). The third kappa shape index (κ3) is 2.62. The van der Waals surface area contributed by atoms with E-state index >= 15 is 0 Å². The number of methoxy groups -OCH3 is 3. The molecule has 0 amide bonds. The molecule has 0 aliphatic carbocycles. The van der Waals surface area contributed by atoms with Gasteiger partial charge in [-0.1, -0.05) is 0 Å². The fourth-order valence-electron chi connectivity index (χ4n) is 1.99. The summed E-state index contributed by atoms with van der Waals surface area (Å²) in [5.74, 6) is -1.44. The zero-order valence-corrected chi connectivity index (χ0v) is 12.1. The van der Waals surface area contributed by atoms with Crippen LogP contribution in [0.2, 0.25) is 0 Å². The van der Waals surface area contributed by atoms with Gasteiger partial charge in [-0.05, 0) is 6.07 Å². The first-order valence-electron chi connectivity index (χ1n) is 6.07. The predicted octanol–water partition coefficient (Wildman–Crippen LogP) is 2.01. The minimum Gasteiger partial charge on any atom is -0.492 e. The summed E-state index contributed by atoms with van der Waals surface area (Å²) in [6, 6.07) is 1.29. The highest BCUT2D eigenvalue weighted by atomic mass is 19.1. The number of halogens is 1. The summed E-state index contributed by atoms with van der Waals surface area (Å²) in [5, 5.41) is 9.32. The highest BCUT2D eigenvalue weighted by Gasteiger charge is 2.26. The van der Waals surface area contributed by atoms with Crippen LogP contribution in [0.15, 0.2) is 18.5 Å². The first-order valence-corrected chi connectivity index (χ1v) is 6.07. The van der Waals surface area contributed by atoms with Crippen LogP contribution in [0.25, 0.3) is 11.4 Å². The summed E-state index contributed by atoms with van der Waals surface area (Å²) in [6.45, 7) is 0. The Morgan fingerprint density at radius 3 is 2.05 bits per heavy atom. The fourth-order valence-corrected chi connectivity index (χ4v) is 1.99. The molecule has 0 atom stereocenters. The first kappa shape index (κ1) is 15.5. The van der Waals surface area contributed by atoms with Gasteiger partial charge in [-0.3, -0.25) is 0 Å². The molecule has 7 nitrogen and oxygen atoms in total. The number of hydrogen-bond donors (Lipinski definition) is 1. The number of aromatic nitrogens is 2. The summed E-state index contributed by atoms with van der Waals surface area (Å²) >= 11 is 0. The molecule has 22 heavy (non-hydrogen) atoms. The molecular formula is C14H13FN2O5. The molecule has 8 heteroatoms. The van der Waals surface area contributed by atoms with Crippen molar-refractivity contribution in [2.75, 3.05) is 21.3 Å². The van der Waals surface area contributed by atoms with E-state index in [1.54, 1.807) is 0 Å². The second-order valence-electron chi connectivity index (χ2n) is 4.10. The Hall–Kier alpha value is -2.90. The molecule has 0 radical (unpaired) electrons. The zero-order valence-electron chi connectivity index (χ0n) is 12.1. The number of aromatic carboxylic acids is 1. The Bertz CT molecular complexity index is 703. The molecule has 0 saturated carbocycles. The van der Waals surface area contributed by atoms with Crippen molar-refractivity contribution < 1.29 is 28.5 Å². The number of carboxylic acid groups (broad SMARTS) is 1. The SMILES string of the molecule is COc1c(C(=O)O)cc(-c2ncc(F)cn2)c(OC)c1OC. The number of carboxylic acids is 1.